The molecule has 1 aliphatic carbocycles. The Kier molecular flexibility index (Phi) is 5.16. The Morgan fingerprint density at radius 1 is 0.800 bits per heavy atom. The monoisotopic (exact) mass is 295 g/mol. The van der Waals surface area contributed by atoms with Gasteiger partial charge < -0.3 is 15.1 Å². The molecule has 1 N–H and O–H groups in total. The van der Waals surface area contributed by atoms with Gasteiger partial charge in [-0.15, -0.1) is 0 Å². The predicted molar refractivity (Wildman–Crippen MR) is 88.0 cm³/mol. The summed E-state index contributed by atoms with van der Waals surface area (Å²) >= 11 is 5.61. The predicted octanol–water partition coefficient (Wildman–Crippen LogP) is 2.75. The van der Waals surface area contributed by atoms with Crippen LogP contribution in [0.2, 0.25) is 0 Å². The molecule has 0 spiro atoms. The molecule has 3 rings (SSSR count). The highest BCUT2D eigenvalue weighted by atomic mass is 32.1. The van der Waals surface area contributed by atoms with Gasteiger partial charge in [-0.2, -0.15) is 0 Å². The summed E-state index contributed by atoms with van der Waals surface area (Å²) in [5, 5.41) is 4.61. The lowest BCUT2D eigenvalue weighted by molar-refractivity contribution is 0.114. The molecule has 0 aromatic heterocycles. The van der Waals surface area contributed by atoms with Crippen LogP contribution in [0.3, 0.4) is 0 Å². The fraction of sp³-hybridized carbons (Fsp3) is 0.938. The van der Waals surface area contributed by atoms with Gasteiger partial charge in [0.15, 0.2) is 5.11 Å². The van der Waals surface area contributed by atoms with Crippen molar-refractivity contribution in [1.29, 1.82) is 0 Å². The van der Waals surface area contributed by atoms with Gasteiger partial charge >= 0.3 is 0 Å². The third-order valence-corrected chi connectivity index (χ3v) is 5.72. The van der Waals surface area contributed by atoms with E-state index in [0.717, 1.165) is 24.2 Å². The normalized spacial score (nSPS) is 26.9. The average molecular weight is 295 g/mol. The van der Waals surface area contributed by atoms with Crippen molar-refractivity contribution in [2.45, 2.75) is 69.9 Å². The molecular formula is C16H29N3S. The molecule has 0 aromatic carbocycles. The van der Waals surface area contributed by atoms with Crippen molar-refractivity contribution in [3.05, 3.63) is 0 Å². The van der Waals surface area contributed by atoms with Gasteiger partial charge in [0.05, 0.1) is 0 Å². The van der Waals surface area contributed by atoms with Gasteiger partial charge in [0.1, 0.15) is 0 Å². The summed E-state index contributed by atoms with van der Waals surface area (Å²) in [6.45, 7) is 4.96. The zero-order valence-corrected chi connectivity index (χ0v) is 13.5. The number of nitrogens with zero attached hydrogens (tertiary/aromatic N) is 2. The molecule has 3 fully saturated rings. The van der Waals surface area contributed by atoms with Gasteiger partial charge in [-0.3, -0.25) is 0 Å². The highest BCUT2D eigenvalue weighted by Gasteiger charge is 2.27. The van der Waals surface area contributed by atoms with Crippen molar-refractivity contribution < 1.29 is 0 Å². The number of thiocarbonyl (C=S) groups is 1. The first kappa shape index (κ1) is 14.6. The molecule has 3 aliphatic rings. The van der Waals surface area contributed by atoms with Crippen LogP contribution in [0.1, 0.15) is 57.8 Å². The SMILES string of the molecule is S=C(NC1CCCC1)N1CCC(N2CCCCC2)CC1. The van der Waals surface area contributed by atoms with E-state index < -0.39 is 0 Å². The summed E-state index contributed by atoms with van der Waals surface area (Å²) in [5.74, 6) is 0. The van der Waals surface area contributed by atoms with Crippen LogP contribution in [0.15, 0.2) is 0 Å². The van der Waals surface area contributed by atoms with E-state index in [-0.39, 0.29) is 0 Å². The summed E-state index contributed by atoms with van der Waals surface area (Å²) in [6.07, 6.45) is 12.2. The lowest BCUT2D eigenvalue weighted by atomic mass is 10.0. The van der Waals surface area contributed by atoms with Crippen LogP contribution in [0.25, 0.3) is 0 Å². The minimum atomic E-state index is 0.655. The van der Waals surface area contributed by atoms with Gasteiger partial charge in [-0.25, -0.2) is 0 Å². The van der Waals surface area contributed by atoms with Crippen molar-refractivity contribution in [3.63, 3.8) is 0 Å². The zero-order valence-electron chi connectivity index (χ0n) is 12.6. The summed E-state index contributed by atoms with van der Waals surface area (Å²) in [4.78, 5) is 5.14. The summed E-state index contributed by atoms with van der Waals surface area (Å²) in [5.41, 5.74) is 0. The van der Waals surface area contributed by atoms with Crippen molar-refractivity contribution in [3.8, 4) is 0 Å². The first-order chi connectivity index (χ1) is 9.83. The third kappa shape index (κ3) is 3.64. The Labute approximate surface area is 129 Å². The molecule has 2 aliphatic heterocycles. The number of nitrogens with one attached hydrogen (secondary N) is 1. The van der Waals surface area contributed by atoms with E-state index in [1.807, 2.05) is 0 Å². The third-order valence-electron chi connectivity index (χ3n) is 5.34. The first-order valence-corrected chi connectivity index (χ1v) is 9.03. The van der Waals surface area contributed by atoms with Crippen molar-refractivity contribution >= 4 is 17.3 Å². The van der Waals surface area contributed by atoms with Crippen LogP contribution in [0, 0.1) is 0 Å². The fourth-order valence-corrected chi connectivity index (χ4v) is 4.40. The second-order valence-corrected chi connectivity index (χ2v) is 7.13. The Bertz CT molecular complexity index is 314. The summed E-state index contributed by atoms with van der Waals surface area (Å²) in [7, 11) is 0. The van der Waals surface area contributed by atoms with Crippen LogP contribution < -0.4 is 5.32 Å². The Morgan fingerprint density at radius 3 is 2.10 bits per heavy atom. The number of rotatable bonds is 2. The van der Waals surface area contributed by atoms with Gasteiger partial charge in [-0.05, 0) is 63.8 Å². The average Bonchev–Trinajstić information content (AvgIpc) is 3.01. The molecule has 114 valence electrons. The highest BCUT2D eigenvalue weighted by molar-refractivity contribution is 7.80. The highest BCUT2D eigenvalue weighted by Crippen LogP contribution is 2.22. The molecule has 0 atom stereocenters. The molecule has 2 saturated heterocycles. The van der Waals surface area contributed by atoms with Gasteiger partial charge in [0.2, 0.25) is 0 Å². The topological polar surface area (TPSA) is 18.5 Å². The van der Waals surface area contributed by atoms with E-state index in [9.17, 15) is 0 Å². The molecule has 1 saturated carbocycles. The van der Waals surface area contributed by atoms with E-state index in [1.54, 1.807) is 0 Å². The number of likely N-dealkylation sites (tertiary alicyclic amines) is 2. The quantitative estimate of drug-likeness (QED) is 0.789. The fourth-order valence-electron chi connectivity index (χ4n) is 4.05. The molecule has 0 unspecified atom stereocenters. The van der Waals surface area contributed by atoms with Crippen LogP contribution in [-0.4, -0.2) is 53.2 Å². The minimum absolute atomic E-state index is 0.655. The van der Waals surface area contributed by atoms with Crippen LogP contribution in [0.5, 0.6) is 0 Å². The Hall–Kier alpha value is -0.350. The van der Waals surface area contributed by atoms with Crippen molar-refractivity contribution in [2.24, 2.45) is 0 Å². The van der Waals surface area contributed by atoms with E-state index in [4.69, 9.17) is 12.2 Å². The standard InChI is InChI=1S/C16H29N3S/c20-16(17-14-6-2-3-7-14)19-12-8-15(9-13-19)18-10-4-1-5-11-18/h14-15H,1-13H2,(H,17,20). The minimum Gasteiger partial charge on any atom is -0.360 e. The van der Waals surface area contributed by atoms with E-state index in [1.165, 1.54) is 70.9 Å². The molecule has 0 bridgehead atoms. The zero-order chi connectivity index (χ0) is 13.8. The largest absolute Gasteiger partial charge is 0.360 e. The Morgan fingerprint density at radius 2 is 1.45 bits per heavy atom. The summed E-state index contributed by atoms with van der Waals surface area (Å²) in [6, 6.07) is 1.48. The van der Waals surface area contributed by atoms with Gasteiger partial charge in [-0.1, -0.05) is 19.3 Å². The number of hydrogen-bond donors (Lipinski definition) is 1. The van der Waals surface area contributed by atoms with Crippen molar-refractivity contribution in [2.75, 3.05) is 26.2 Å². The van der Waals surface area contributed by atoms with E-state index in [2.05, 4.69) is 15.1 Å². The molecule has 3 nitrogen and oxygen atoms in total. The Balaban J connectivity index is 1.41. The van der Waals surface area contributed by atoms with E-state index in [0.29, 0.717) is 6.04 Å². The molecular weight excluding hydrogens is 266 g/mol. The molecule has 0 aromatic rings. The smallest absolute Gasteiger partial charge is 0.169 e. The first-order valence-electron chi connectivity index (χ1n) is 8.62. The summed E-state index contributed by atoms with van der Waals surface area (Å²) < 4.78 is 0. The maximum atomic E-state index is 5.61. The second kappa shape index (κ2) is 7.08. The molecule has 0 amide bonds. The van der Waals surface area contributed by atoms with Gasteiger partial charge in [0, 0.05) is 25.2 Å². The molecule has 2 heterocycles. The number of hydrogen-bond acceptors (Lipinski definition) is 2. The second-order valence-electron chi connectivity index (χ2n) is 6.75. The molecule has 20 heavy (non-hydrogen) atoms. The lowest BCUT2D eigenvalue weighted by Gasteiger charge is -2.41. The van der Waals surface area contributed by atoms with Gasteiger partial charge in [0.25, 0.3) is 0 Å². The molecule has 0 radical (unpaired) electrons. The van der Waals surface area contributed by atoms with Crippen molar-refractivity contribution in [1.82, 2.24) is 15.1 Å². The van der Waals surface area contributed by atoms with E-state index >= 15 is 0 Å². The van der Waals surface area contributed by atoms with Crippen LogP contribution >= 0.6 is 12.2 Å². The van der Waals surface area contributed by atoms with Crippen LogP contribution in [0.4, 0.5) is 0 Å². The lowest BCUT2D eigenvalue weighted by Crippen LogP contribution is -2.51. The number of piperidine rings is 2. The maximum Gasteiger partial charge on any atom is 0.169 e. The molecule has 4 heteroatoms. The van der Waals surface area contributed by atoms with Crippen LogP contribution in [-0.2, 0) is 0 Å². The maximum absolute atomic E-state index is 5.61.